The predicted octanol–water partition coefficient (Wildman–Crippen LogP) is -0.0371. The van der Waals surface area contributed by atoms with E-state index in [1.807, 2.05) is 0 Å². The number of anilines is 1. The van der Waals surface area contributed by atoms with Crippen LogP contribution in [0.15, 0.2) is 4.52 Å². The zero-order valence-electron chi connectivity index (χ0n) is 6.83. The van der Waals surface area contributed by atoms with E-state index in [1.54, 1.807) is 6.92 Å². The minimum absolute atomic E-state index is 0.0259. The van der Waals surface area contributed by atoms with Gasteiger partial charge in [0.15, 0.2) is 5.82 Å². The van der Waals surface area contributed by atoms with Gasteiger partial charge in [0, 0.05) is 0 Å². The molecule has 0 unspecified atom stereocenters. The van der Waals surface area contributed by atoms with Crippen LogP contribution in [-0.2, 0) is 9.53 Å². The predicted molar refractivity (Wildman–Crippen MR) is 39.5 cm³/mol. The molecule has 0 aliphatic carbocycles. The normalized spacial score (nSPS) is 9.50. The standard InChI is InChI=1S/C6H9N3O3/c1-4-8-6(12-9-4)7-3-5(10)11-2/h3H2,1-2H3,(H,7,8,9). The Morgan fingerprint density at radius 3 is 3.00 bits per heavy atom. The zero-order chi connectivity index (χ0) is 8.97. The van der Waals surface area contributed by atoms with Crippen LogP contribution in [0.25, 0.3) is 0 Å². The number of ether oxygens (including phenoxy) is 1. The molecule has 0 aliphatic heterocycles. The summed E-state index contributed by atoms with van der Waals surface area (Å²) in [6.45, 7) is 1.71. The minimum atomic E-state index is -0.383. The molecule has 0 fully saturated rings. The van der Waals surface area contributed by atoms with Crippen molar-refractivity contribution in [2.45, 2.75) is 6.92 Å². The summed E-state index contributed by atoms with van der Waals surface area (Å²) in [6, 6.07) is 0.220. The van der Waals surface area contributed by atoms with E-state index >= 15 is 0 Å². The molecular weight excluding hydrogens is 162 g/mol. The number of rotatable bonds is 3. The molecule has 12 heavy (non-hydrogen) atoms. The number of hydrogen-bond acceptors (Lipinski definition) is 6. The smallest absolute Gasteiger partial charge is 0.325 e. The summed E-state index contributed by atoms with van der Waals surface area (Å²) in [5, 5.41) is 6.12. The van der Waals surface area contributed by atoms with Crippen molar-refractivity contribution in [2.75, 3.05) is 19.0 Å². The highest BCUT2D eigenvalue weighted by Gasteiger charge is 2.04. The second kappa shape index (κ2) is 3.70. The van der Waals surface area contributed by atoms with Crippen LogP contribution >= 0.6 is 0 Å². The van der Waals surface area contributed by atoms with Gasteiger partial charge >= 0.3 is 12.0 Å². The summed E-state index contributed by atoms with van der Waals surface area (Å²) in [4.78, 5) is 14.4. The van der Waals surface area contributed by atoms with Crippen LogP contribution in [0.4, 0.5) is 6.01 Å². The number of methoxy groups -OCH3 is 1. The fourth-order valence-corrected chi connectivity index (χ4v) is 0.589. The van der Waals surface area contributed by atoms with Crippen molar-refractivity contribution in [1.29, 1.82) is 0 Å². The number of carbonyl (C=O) groups excluding carboxylic acids is 1. The molecular formula is C6H9N3O3. The van der Waals surface area contributed by atoms with E-state index in [0.717, 1.165) is 0 Å². The fourth-order valence-electron chi connectivity index (χ4n) is 0.589. The topological polar surface area (TPSA) is 77.2 Å². The number of aryl methyl sites for hydroxylation is 1. The Morgan fingerprint density at radius 2 is 2.50 bits per heavy atom. The molecule has 1 rings (SSSR count). The van der Waals surface area contributed by atoms with Crippen molar-refractivity contribution in [3.05, 3.63) is 5.82 Å². The van der Waals surface area contributed by atoms with Crippen LogP contribution in [0.2, 0.25) is 0 Å². The monoisotopic (exact) mass is 171 g/mol. The molecule has 0 radical (unpaired) electrons. The first kappa shape index (κ1) is 8.51. The van der Waals surface area contributed by atoms with E-state index in [0.29, 0.717) is 5.82 Å². The van der Waals surface area contributed by atoms with Gasteiger partial charge in [-0.05, 0) is 6.92 Å². The average Bonchev–Trinajstić information content (AvgIpc) is 2.47. The van der Waals surface area contributed by atoms with E-state index in [4.69, 9.17) is 0 Å². The highest BCUT2D eigenvalue weighted by molar-refractivity contribution is 5.73. The van der Waals surface area contributed by atoms with E-state index in [1.165, 1.54) is 7.11 Å². The molecule has 6 heteroatoms. The number of nitrogens with zero attached hydrogens (tertiary/aromatic N) is 2. The summed E-state index contributed by atoms with van der Waals surface area (Å²) >= 11 is 0. The van der Waals surface area contributed by atoms with E-state index in [9.17, 15) is 4.79 Å². The Morgan fingerprint density at radius 1 is 1.75 bits per heavy atom. The molecule has 0 amide bonds. The number of nitrogens with one attached hydrogen (secondary N) is 1. The number of aromatic nitrogens is 2. The summed E-state index contributed by atoms with van der Waals surface area (Å²) < 4.78 is 9.07. The van der Waals surface area contributed by atoms with Gasteiger partial charge in [0.25, 0.3) is 0 Å². The fraction of sp³-hybridized carbons (Fsp3) is 0.500. The Balaban J connectivity index is 2.38. The lowest BCUT2D eigenvalue weighted by Gasteiger charge is -1.97. The first-order chi connectivity index (χ1) is 5.72. The summed E-state index contributed by atoms with van der Waals surface area (Å²) in [5.41, 5.74) is 0. The van der Waals surface area contributed by atoms with Crippen LogP contribution < -0.4 is 5.32 Å². The molecule has 0 bridgehead atoms. The van der Waals surface area contributed by atoms with Gasteiger partial charge in [-0.15, -0.1) is 0 Å². The third-order valence-electron chi connectivity index (χ3n) is 1.14. The van der Waals surface area contributed by atoms with E-state index in [-0.39, 0.29) is 18.5 Å². The van der Waals surface area contributed by atoms with Gasteiger partial charge < -0.3 is 14.6 Å². The number of hydrogen-bond donors (Lipinski definition) is 1. The number of esters is 1. The van der Waals surface area contributed by atoms with Crippen molar-refractivity contribution in [2.24, 2.45) is 0 Å². The third-order valence-corrected chi connectivity index (χ3v) is 1.14. The quantitative estimate of drug-likeness (QED) is 0.643. The van der Waals surface area contributed by atoms with E-state index in [2.05, 4.69) is 24.7 Å². The molecule has 0 atom stereocenters. The van der Waals surface area contributed by atoms with E-state index < -0.39 is 0 Å². The first-order valence-electron chi connectivity index (χ1n) is 3.33. The maximum atomic E-state index is 10.6. The first-order valence-corrected chi connectivity index (χ1v) is 3.33. The average molecular weight is 171 g/mol. The van der Waals surface area contributed by atoms with Crippen molar-refractivity contribution in [1.82, 2.24) is 10.1 Å². The maximum Gasteiger partial charge on any atom is 0.325 e. The van der Waals surface area contributed by atoms with Crippen LogP contribution in [0, 0.1) is 6.92 Å². The Bertz CT molecular complexity index is 271. The summed E-state index contributed by atoms with van der Waals surface area (Å²) in [6.07, 6.45) is 0. The van der Waals surface area contributed by atoms with Gasteiger partial charge in [-0.25, -0.2) is 0 Å². The van der Waals surface area contributed by atoms with Crippen LogP contribution in [0.1, 0.15) is 5.82 Å². The summed E-state index contributed by atoms with van der Waals surface area (Å²) in [5.74, 6) is 0.133. The van der Waals surface area contributed by atoms with Crippen molar-refractivity contribution >= 4 is 12.0 Å². The lowest BCUT2D eigenvalue weighted by molar-refractivity contribution is -0.138. The second-order valence-corrected chi connectivity index (χ2v) is 2.08. The SMILES string of the molecule is COC(=O)CNc1nc(C)no1. The van der Waals surface area contributed by atoms with Gasteiger partial charge in [0.05, 0.1) is 7.11 Å². The molecule has 0 saturated heterocycles. The van der Waals surface area contributed by atoms with Gasteiger partial charge in [-0.3, -0.25) is 4.79 Å². The van der Waals surface area contributed by atoms with Gasteiger partial charge in [-0.2, -0.15) is 4.98 Å². The van der Waals surface area contributed by atoms with Gasteiger partial charge in [0.2, 0.25) is 0 Å². The second-order valence-electron chi connectivity index (χ2n) is 2.08. The van der Waals surface area contributed by atoms with Crippen molar-refractivity contribution in [3.8, 4) is 0 Å². The van der Waals surface area contributed by atoms with Crippen LogP contribution in [0.5, 0.6) is 0 Å². The molecule has 1 aromatic heterocycles. The molecule has 66 valence electrons. The molecule has 6 nitrogen and oxygen atoms in total. The largest absolute Gasteiger partial charge is 0.468 e. The number of carbonyl (C=O) groups is 1. The van der Waals surface area contributed by atoms with Gasteiger partial charge in [-0.1, -0.05) is 5.16 Å². The molecule has 1 aromatic rings. The van der Waals surface area contributed by atoms with Crippen LogP contribution in [-0.4, -0.2) is 29.8 Å². The molecule has 1 heterocycles. The van der Waals surface area contributed by atoms with Crippen molar-refractivity contribution in [3.63, 3.8) is 0 Å². The molecule has 0 spiro atoms. The molecule has 0 saturated carbocycles. The highest BCUT2D eigenvalue weighted by Crippen LogP contribution is 2.00. The maximum absolute atomic E-state index is 10.6. The molecule has 1 N–H and O–H groups in total. The van der Waals surface area contributed by atoms with Crippen molar-refractivity contribution < 1.29 is 14.1 Å². The Kier molecular flexibility index (Phi) is 2.62. The Hall–Kier alpha value is -1.59. The van der Waals surface area contributed by atoms with Gasteiger partial charge in [0.1, 0.15) is 6.54 Å². The van der Waals surface area contributed by atoms with Crippen LogP contribution in [0.3, 0.4) is 0 Å². The zero-order valence-corrected chi connectivity index (χ0v) is 6.83. The lowest BCUT2D eigenvalue weighted by atomic mass is 10.6. The highest BCUT2D eigenvalue weighted by atomic mass is 16.5. The molecule has 0 aliphatic rings. The lowest BCUT2D eigenvalue weighted by Crippen LogP contribution is -2.15. The third kappa shape index (κ3) is 2.22. The minimum Gasteiger partial charge on any atom is -0.468 e. The molecule has 0 aromatic carbocycles. The Labute approximate surface area is 68.9 Å². The summed E-state index contributed by atoms with van der Waals surface area (Å²) in [7, 11) is 1.31.